The van der Waals surface area contributed by atoms with Gasteiger partial charge in [-0.15, -0.1) is 12.4 Å². The van der Waals surface area contributed by atoms with Crippen molar-refractivity contribution in [1.29, 1.82) is 0 Å². The molecule has 1 atom stereocenters. The van der Waals surface area contributed by atoms with Crippen molar-refractivity contribution in [2.24, 2.45) is 5.73 Å². The summed E-state index contributed by atoms with van der Waals surface area (Å²) in [6.07, 6.45) is -0.0493. The molecule has 0 aromatic heterocycles. The van der Waals surface area contributed by atoms with Gasteiger partial charge in [0.05, 0.1) is 0 Å². The van der Waals surface area contributed by atoms with Crippen molar-refractivity contribution < 1.29 is 18.0 Å². The fourth-order valence-electron chi connectivity index (χ4n) is 2.30. The van der Waals surface area contributed by atoms with Crippen LogP contribution in [0.15, 0.2) is 12.1 Å². The SMILES string of the molecule is Cl.N[C@@H](CC(=O)N1CCNCCN1)Cc1cc(F)c(F)cc1F. The second-order valence-electron chi connectivity index (χ2n) is 5.23. The number of carbonyl (C=O) groups is 1. The van der Waals surface area contributed by atoms with Gasteiger partial charge < -0.3 is 11.1 Å². The molecular formula is C14H20ClF3N4O. The molecular weight excluding hydrogens is 333 g/mol. The molecule has 1 aliphatic rings. The maximum atomic E-state index is 13.6. The fraction of sp³-hybridized carbons (Fsp3) is 0.500. The lowest BCUT2D eigenvalue weighted by atomic mass is 10.0. The summed E-state index contributed by atoms with van der Waals surface area (Å²) in [6, 6.07) is 0.592. The zero-order valence-corrected chi connectivity index (χ0v) is 13.3. The van der Waals surface area contributed by atoms with Gasteiger partial charge in [-0.2, -0.15) is 0 Å². The summed E-state index contributed by atoms with van der Waals surface area (Å²) in [4.78, 5) is 12.1. The van der Waals surface area contributed by atoms with Crippen LogP contribution in [-0.4, -0.2) is 43.1 Å². The van der Waals surface area contributed by atoms with Crippen LogP contribution in [0.1, 0.15) is 12.0 Å². The highest BCUT2D eigenvalue weighted by Gasteiger charge is 2.20. The molecule has 1 aromatic carbocycles. The van der Waals surface area contributed by atoms with E-state index >= 15 is 0 Å². The fourth-order valence-corrected chi connectivity index (χ4v) is 2.30. The van der Waals surface area contributed by atoms with Crippen LogP contribution in [0.25, 0.3) is 0 Å². The van der Waals surface area contributed by atoms with Gasteiger partial charge in [0.25, 0.3) is 0 Å². The van der Waals surface area contributed by atoms with Gasteiger partial charge in [0, 0.05) is 44.7 Å². The smallest absolute Gasteiger partial charge is 0.238 e. The third-order valence-electron chi connectivity index (χ3n) is 3.43. The van der Waals surface area contributed by atoms with Crippen molar-refractivity contribution in [3.63, 3.8) is 0 Å². The summed E-state index contributed by atoms with van der Waals surface area (Å²) >= 11 is 0. The number of carbonyl (C=O) groups excluding carboxylic acids is 1. The molecule has 1 saturated heterocycles. The quantitative estimate of drug-likeness (QED) is 0.698. The molecule has 0 radical (unpaired) electrons. The third kappa shape index (κ3) is 5.65. The maximum absolute atomic E-state index is 13.6. The molecule has 23 heavy (non-hydrogen) atoms. The van der Waals surface area contributed by atoms with Gasteiger partial charge in [-0.3, -0.25) is 9.80 Å². The predicted molar refractivity (Wildman–Crippen MR) is 82.4 cm³/mol. The Labute approximate surface area is 138 Å². The minimum atomic E-state index is -1.24. The maximum Gasteiger partial charge on any atom is 0.238 e. The number of hydrazine groups is 1. The van der Waals surface area contributed by atoms with Crippen LogP contribution in [-0.2, 0) is 11.2 Å². The lowest BCUT2D eigenvalue weighted by Gasteiger charge is -2.22. The lowest BCUT2D eigenvalue weighted by molar-refractivity contribution is -0.134. The summed E-state index contributed by atoms with van der Waals surface area (Å²) in [7, 11) is 0. The van der Waals surface area contributed by atoms with Crippen molar-refractivity contribution in [1.82, 2.24) is 15.8 Å². The molecule has 0 saturated carbocycles. The van der Waals surface area contributed by atoms with E-state index in [2.05, 4.69) is 10.7 Å². The predicted octanol–water partition coefficient (Wildman–Crippen LogP) is 0.722. The molecule has 1 heterocycles. The van der Waals surface area contributed by atoms with Gasteiger partial charge in [0.2, 0.25) is 5.91 Å². The van der Waals surface area contributed by atoms with E-state index in [1.54, 1.807) is 0 Å². The summed E-state index contributed by atoms with van der Waals surface area (Å²) in [5.74, 6) is -3.44. The molecule has 1 aliphatic heterocycles. The molecule has 0 unspecified atom stereocenters. The van der Waals surface area contributed by atoms with E-state index in [1.165, 1.54) is 5.01 Å². The highest BCUT2D eigenvalue weighted by molar-refractivity contribution is 5.85. The Morgan fingerprint density at radius 2 is 1.87 bits per heavy atom. The Kier molecular flexibility index (Phi) is 7.77. The largest absolute Gasteiger partial charge is 0.327 e. The Bertz CT molecular complexity index is 539. The Balaban J connectivity index is 0.00000264. The highest BCUT2D eigenvalue weighted by atomic mass is 35.5. The van der Waals surface area contributed by atoms with Gasteiger partial charge in [0.15, 0.2) is 11.6 Å². The number of nitrogens with two attached hydrogens (primary N) is 1. The number of amides is 1. The Morgan fingerprint density at radius 1 is 1.17 bits per heavy atom. The van der Waals surface area contributed by atoms with Crippen LogP contribution in [0, 0.1) is 17.5 Å². The van der Waals surface area contributed by atoms with Crippen LogP contribution >= 0.6 is 12.4 Å². The van der Waals surface area contributed by atoms with Crippen LogP contribution in [0.2, 0.25) is 0 Å². The van der Waals surface area contributed by atoms with Crippen molar-refractivity contribution in [3.8, 4) is 0 Å². The van der Waals surface area contributed by atoms with Crippen molar-refractivity contribution >= 4 is 18.3 Å². The lowest BCUT2D eigenvalue weighted by Crippen LogP contribution is -2.45. The van der Waals surface area contributed by atoms with Crippen molar-refractivity contribution in [2.75, 3.05) is 26.2 Å². The van der Waals surface area contributed by atoms with Crippen LogP contribution in [0.3, 0.4) is 0 Å². The van der Waals surface area contributed by atoms with Gasteiger partial charge in [-0.05, 0) is 18.1 Å². The average Bonchev–Trinajstić information content (AvgIpc) is 2.73. The Hall–Kier alpha value is -1.35. The molecule has 0 aliphatic carbocycles. The van der Waals surface area contributed by atoms with E-state index < -0.39 is 23.5 Å². The van der Waals surface area contributed by atoms with Crippen LogP contribution < -0.4 is 16.5 Å². The molecule has 0 spiro atoms. The minimum absolute atomic E-state index is 0. The van der Waals surface area contributed by atoms with E-state index in [0.717, 1.165) is 12.6 Å². The second-order valence-corrected chi connectivity index (χ2v) is 5.23. The summed E-state index contributed by atoms with van der Waals surface area (Å²) < 4.78 is 39.6. The molecule has 0 bridgehead atoms. The van der Waals surface area contributed by atoms with Crippen LogP contribution in [0.4, 0.5) is 13.2 Å². The molecule has 4 N–H and O–H groups in total. The average molecular weight is 353 g/mol. The number of hydrogen-bond donors (Lipinski definition) is 3. The molecule has 130 valence electrons. The third-order valence-corrected chi connectivity index (χ3v) is 3.43. The number of nitrogens with one attached hydrogen (secondary N) is 2. The minimum Gasteiger partial charge on any atom is -0.327 e. The van der Waals surface area contributed by atoms with Gasteiger partial charge in [-0.25, -0.2) is 18.6 Å². The van der Waals surface area contributed by atoms with Crippen molar-refractivity contribution in [2.45, 2.75) is 18.9 Å². The number of hydrogen-bond acceptors (Lipinski definition) is 4. The summed E-state index contributed by atoms with van der Waals surface area (Å²) in [6.45, 7) is 2.56. The van der Waals surface area contributed by atoms with E-state index in [0.29, 0.717) is 25.7 Å². The van der Waals surface area contributed by atoms with E-state index in [4.69, 9.17) is 5.73 Å². The standard InChI is InChI=1S/C14H19F3N4O.ClH/c15-11-8-13(17)12(16)6-9(11)5-10(18)7-14(22)21-4-3-19-1-2-20-21;/h6,8,10,19-20H,1-5,7,18H2;1H/t10-;/m1./s1. The first-order valence-corrected chi connectivity index (χ1v) is 7.11. The van der Waals surface area contributed by atoms with Crippen molar-refractivity contribution in [3.05, 3.63) is 35.1 Å². The number of benzene rings is 1. The normalized spacial score (nSPS) is 16.4. The first kappa shape index (κ1) is 19.7. The molecule has 1 amide bonds. The molecule has 2 rings (SSSR count). The van der Waals surface area contributed by atoms with Crippen LogP contribution in [0.5, 0.6) is 0 Å². The van der Waals surface area contributed by atoms with E-state index in [-0.39, 0.29) is 36.7 Å². The number of nitrogens with zero attached hydrogens (tertiary/aromatic N) is 1. The first-order valence-electron chi connectivity index (χ1n) is 7.11. The second kappa shape index (κ2) is 9.07. The first-order chi connectivity index (χ1) is 10.5. The van der Waals surface area contributed by atoms with E-state index in [1.807, 2.05) is 0 Å². The van der Waals surface area contributed by atoms with Gasteiger partial charge in [-0.1, -0.05) is 0 Å². The van der Waals surface area contributed by atoms with Gasteiger partial charge in [0.1, 0.15) is 5.82 Å². The molecule has 1 aromatic rings. The summed E-state index contributed by atoms with van der Waals surface area (Å²) in [5, 5.41) is 4.60. The topological polar surface area (TPSA) is 70.4 Å². The molecule has 1 fully saturated rings. The summed E-state index contributed by atoms with van der Waals surface area (Å²) in [5.41, 5.74) is 8.76. The number of halogens is 4. The number of rotatable bonds is 4. The molecule has 9 heteroatoms. The zero-order chi connectivity index (χ0) is 16.1. The highest BCUT2D eigenvalue weighted by Crippen LogP contribution is 2.16. The monoisotopic (exact) mass is 352 g/mol. The Morgan fingerprint density at radius 3 is 2.61 bits per heavy atom. The van der Waals surface area contributed by atoms with Gasteiger partial charge >= 0.3 is 0 Å². The van der Waals surface area contributed by atoms with E-state index in [9.17, 15) is 18.0 Å². The molecule has 5 nitrogen and oxygen atoms in total. The zero-order valence-electron chi connectivity index (χ0n) is 12.4.